The summed E-state index contributed by atoms with van der Waals surface area (Å²) in [6, 6.07) is 1.45. The fraction of sp³-hybridized carbons (Fsp3) is 0.462. The number of ether oxygens (including phenoxy) is 4. The summed E-state index contributed by atoms with van der Waals surface area (Å²) in [5.41, 5.74) is 0.625. The van der Waals surface area contributed by atoms with E-state index in [1.165, 1.54) is 20.3 Å². The molecule has 2 heterocycles. The molecular weight excluding hydrogens is 344 g/mol. The number of alkyl halides is 1. The van der Waals surface area contributed by atoms with Gasteiger partial charge in [0, 0.05) is 5.57 Å². The van der Waals surface area contributed by atoms with Crippen LogP contribution in [0.25, 0.3) is 0 Å². The molecule has 7 nitrogen and oxygen atoms in total. The van der Waals surface area contributed by atoms with Crippen LogP contribution in [0.2, 0.25) is 0 Å². The summed E-state index contributed by atoms with van der Waals surface area (Å²) in [5, 5.41) is 0. The van der Waals surface area contributed by atoms with Gasteiger partial charge in [0.2, 0.25) is 17.5 Å². The molecule has 0 saturated carbocycles. The zero-order valence-corrected chi connectivity index (χ0v) is 13.7. The van der Waals surface area contributed by atoms with Gasteiger partial charge >= 0.3 is 12.0 Å². The number of hydrogen-bond acceptors (Lipinski definition) is 7. The second-order valence-corrected chi connectivity index (χ2v) is 5.54. The maximum absolute atomic E-state index is 11.9. The first-order valence-corrected chi connectivity index (χ1v) is 7.01. The van der Waals surface area contributed by atoms with E-state index in [9.17, 15) is 4.79 Å². The van der Waals surface area contributed by atoms with Crippen molar-refractivity contribution in [2.24, 2.45) is 0 Å². The number of halogens is 1. The summed E-state index contributed by atoms with van der Waals surface area (Å²) in [4.78, 5) is 19.9. The van der Waals surface area contributed by atoms with E-state index >= 15 is 0 Å². The molecule has 0 bridgehead atoms. The van der Waals surface area contributed by atoms with E-state index in [0.717, 1.165) is 0 Å². The number of methoxy groups -OCH3 is 2. The van der Waals surface area contributed by atoms with E-state index in [2.05, 4.69) is 25.9 Å². The van der Waals surface area contributed by atoms with E-state index in [-0.39, 0.29) is 23.5 Å². The topological polar surface area (TPSA) is 79.8 Å². The number of esters is 1. The SMILES string of the molecule is CCC1(Br)OC(=O)C(Oc2nc(OC)cc(OC)n2)=C1C. The number of rotatable bonds is 5. The van der Waals surface area contributed by atoms with Crippen molar-refractivity contribution < 1.29 is 23.7 Å². The molecule has 1 aromatic rings. The molecule has 0 aliphatic carbocycles. The van der Waals surface area contributed by atoms with Crippen molar-refractivity contribution in [1.82, 2.24) is 9.97 Å². The smallest absolute Gasteiger partial charge is 0.376 e. The summed E-state index contributed by atoms with van der Waals surface area (Å²) < 4.78 is 19.9. The van der Waals surface area contributed by atoms with Gasteiger partial charge in [0.15, 0.2) is 4.51 Å². The number of aromatic nitrogens is 2. The Morgan fingerprint density at radius 2 is 1.86 bits per heavy atom. The monoisotopic (exact) mass is 358 g/mol. The Labute approximate surface area is 130 Å². The van der Waals surface area contributed by atoms with Crippen LogP contribution in [0.15, 0.2) is 17.4 Å². The maximum atomic E-state index is 11.9. The first-order chi connectivity index (χ1) is 9.93. The molecule has 0 saturated heterocycles. The molecule has 0 aromatic carbocycles. The summed E-state index contributed by atoms with van der Waals surface area (Å²) in [7, 11) is 2.92. The third-order valence-electron chi connectivity index (χ3n) is 3.07. The van der Waals surface area contributed by atoms with Gasteiger partial charge < -0.3 is 18.9 Å². The van der Waals surface area contributed by atoms with Gasteiger partial charge in [-0.1, -0.05) is 6.92 Å². The fourth-order valence-electron chi connectivity index (χ4n) is 1.78. The highest BCUT2D eigenvalue weighted by Crippen LogP contribution is 2.40. The predicted molar refractivity (Wildman–Crippen MR) is 76.5 cm³/mol. The molecule has 0 N–H and O–H groups in total. The van der Waals surface area contributed by atoms with E-state index in [1.807, 2.05) is 6.92 Å². The van der Waals surface area contributed by atoms with Gasteiger partial charge in [0.05, 0.1) is 20.3 Å². The van der Waals surface area contributed by atoms with Crippen molar-refractivity contribution in [3.63, 3.8) is 0 Å². The quantitative estimate of drug-likeness (QED) is 0.589. The van der Waals surface area contributed by atoms with Gasteiger partial charge in [-0.2, -0.15) is 9.97 Å². The zero-order chi connectivity index (χ0) is 15.6. The molecule has 1 unspecified atom stereocenters. The average Bonchev–Trinajstić information content (AvgIpc) is 2.71. The lowest BCUT2D eigenvalue weighted by Gasteiger charge is -2.19. The molecule has 1 aliphatic heterocycles. The Morgan fingerprint density at radius 1 is 1.29 bits per heavy atom. The zero-order valence-electron chi connectivity index (χ0n) is 12.1. The number of nitrogens with zero attached hydrogens (tertiary/aromatic N) is 2. The standard InChI is InChI=1S/C13H15BrN2O5/c1-5-13(14)7(2)10(11(17)21-13)20-12-15-8(18-3)6-9(16-12)19-4/h6H,5H2,1-4H3. The maximum Gasteiger partial charge on any atom is 0.376 e. The minimum atomic E-state index is -0.845. The van der Waals surface area contributed by atoms with Crippen LogP contribution in [0.5, 0.6) is 17.8 Å². The van der Waals surface area contributed by atoms with Crippen molar-refractivity contribution in [1.29, 1.82) is 0 Å². The van der Waals surface area contributed by atoms with Crippen molar-refractivity contribution in [2.45, 2.75) is 24.8 Å². The van der Waals surface area contributed by atoms with Crippen LogP contribution in [0, 0.1) is 0 Å². The molecule has 1 aromatic heterocycles. The predicted octanol–water partition coefficient (Wildman–Crippen LogP) is 2.20. The number of cyclic esters (lactones) is 1. The van der Waals surface area contributed by atoms with Gasteiger partial charge in [0.1, 0.15) is 0 Å². The van der Waals surface area contributed by atoms with Gasteiger partial charge in [0.25, 0.3) is 0 Å². The second-order valence-electron chi connectivity index (χ2n) is 4.26. The van der Waals surface area contributed by atoms with Crippen LogP contribution in [-0.2, 0) is 9.53 Å². The fourth-order valence-corrected chi connectivity index (χ4v) is 2.10. The normalized spacial score (nSPS) is 21.3. The van der Waals surface area contributed by atoms with Crippen molar-refractivity contribution in [3.8, 4) is 17.8 Å². The van der Waals surface area contributed by atoms with E-state index in [0.29, 0.717) is 12.0 Å². The summed E-state index contributed by atoms with van der Waals surface area (Å²) in [6.45, 7) is 3.63. The first-order valence-electron chi connectivity index (χ1n) is 6.22. The molecule has 0 spiro atoms. The molecule has 2 rings (SSSR count). The molecule has 1 aliphatic rings. The molecule has 0 fully saturated rings. The van der Waals surface area contributed by atoms with Crippen molar-refractivity contribution in [3.05, 3.63) is 17.4 Å². The van der Waals surface area contributed by atoms with Crippen molar-refractivity contribution in [2.75, 3.05) is 14.2 Å². The molecule has 8 heteroatoms. The highest BCUT2D eigenvalue weighted by Gasteiger charge is 2.44. The molecule has 1 atom stereocenters. The minimum Gasteiger partial charge on any atom is -0.481 e. The Hall–Kier alpha value is -1.83. The third kappa shape index (κ3) is 2.94. The second kappa shape index (κ2) is 5.88. The highest BCUT2D eigenvalue weighted by atomic mass is 79.9. The lowest BCUT2D eigenvalue weighted by atomic mass is 10.1. The number of hydrogen-bond donors (Lipinski definition) is 0. The van der Waals surface area contributed by atoms with Crippen LogP contribution < -0.4 is 14.2 Å². The van der Waals surface area contributed by atoms with E-state index in [4.69, 9.17) is 18.9 Å². The molecule has 21 heavy (non-hydrogen) atoms. The van der Waals surface area contributed by atoms with Crippen LogP contribution in [0.4, 0.5) is 0 Å². The Balaban J connectivity index is 2.35. The third-order valence-corrected chi connectivity index (χ3v) is 4.38. The van der Waals surface area contributed by atoms with Crippen LogP contribution >= 0.6 is 15.9 Å². The lowest BCUT2D eigenvalue weighted by molar-refractivity contribution is -0.143. The Kier molecular flexibility index (Phi) is 4.36. The number of carbonyl (C=O) groups excluding carboxylic acids is 1. The largest absolute Gasteiger partial charge is 0.481 e. The Bertz CT molecular complexity index is 582. The summed E-state index contributed by atoms with van der Waals surface area (Å²) >= 11 is 3.39. The van der Waals surface area contributed by atoms with Crippen LogP contribution in [0.3, 0.4) is 0 Å². The Morgan fingerprint density at radius 3 is 2.29 bits per heavy atom. The van der Waals surface area contributed by atoms with E-state index < -0.39 is 10.5 Å². The molecular formula is C13H15BrN2O5. The van der Waals surface area contributed by atoms with Crippen LogP contribution in [-0.4, -0.2) is 34.7 Å². The van der Waals surface area contributed by atoms with Gasteiger partial charge in [-0.3, -0.25) is 0 Å². The van der Waals surface area contributed by atoms with Crippen molar-refractivity contribution >= 4 is 21.9 Å². The van der Waals surface area contributed by atoms with Gasteiger partial charge in [-0.25, -0.2) is 4.79 Å². The summed E-state index contributed by atoms with van der Waals surface area (Å²) in [5.74, 6) is 0.0183. The first kappa shape index (κ1) is 15.6. The van der Waals surface area contributed by atoms with Gasteiger partial charge in [-0.15, -0.1) is 0 Å². The summed E-state index contributed by atoms with van der Waals surface area (Å²) in [6.07, 6.45) is 0.569. The lowest BCUT2D eigenvalue weighted by Crippen LogP contribution is -2.21. The number of carbonyl (C=O) groups is 1. The molecule has 0 amide bonds. The average molecular weight is 359 g/mol. The van der Waals surface area contributed by atoms with Gasteiger partial charge in [-0.05, 0) is 29.3 Å². The van der Waals surface area contributed by atoms with Crippen LogP contribution in [0.1, 0.15) is 20.3 Å². The molecule has 0 radical (unpaired) electrons. The van der Waals surface area contributed by atoms with E-state index in [1.54, 1.807) is 6.92 Å². The minimum absolute atomic E-state index is 0.0506. The molecule has 114 valence electrons. The highest BCUT2D eigenvalue weighted by molar-refractivity contribution is 9.10.